The first kappa shape index (κ1) is 13.7. The van der Waals surface area contributed by atoms with E-state index in [0.29, 0.717) is 0 Å². The first-order chi connectivity index (χ1) is 9.04. The van der Waals surface area contributed by atoms with Crippen LogP contribution in [-0.2, 0) is 6.42 Å². The van der Waals surface area contributed by atoms with Crippen LogP contribution in [0.1, 0.15) is 34.3 Å². The van der Waals surface area contributed by atoms with Crippen LogP contribution in [0.3, 0.4) is 0 Å². The Bertz CT molecular complexity index is 572. The second-order valence-electron chi connectivity index (χ2n) is 4.88. The summed E-state index contributed by atoms with van der Waals surface area (Å²) in [5, 5.41) is 0. The third-order valence-electron chi connectivity index (χ3n) is 3.62. The Labute approximate surface area is 114 Å². The quantitative estimate of drug-likeness (QED) is 0.914. The SMILES string of the molecule is COc1ccccc1CC(N)c1c(C)oc(C)c1C. The van der Waals surface area contributed by atoms with E-state index in [-0.39, 0.29) is 6.04 Å². The molecular weight excluding hydrogens is 238 g/mol. The van der Waals surface area contributed by atoms with Crippen LogP contribution in [-0.4, -0.2) is 7.11 Å². The Balaban J connectivity index is 2.28. The van der Waals surface area contributed by atoms with Gasteiger partial charge in [0.1, 0.15) is 17.3 Å². The number of benzene rings is 1. The lowest BCUT2D eigenvalue weighted by Gasteiger charge is -2.14. The first-order valence-electron chi connectivity index (χ1n) is 6.48. The van der Waals surface area contributed by atoms with Gasteiger partial charge in [-0.25, -0.2) is 0 Å². The van der Waals surface area contributed by atoms with E-state index in [1.807, 2.05) is 32.0 Å². The third kappa shape index (κ3) is 2.66. The fraction of sp³-hybridized carbons (Fsp3) is 0.375. The molecule has 0 saturated heterocycles. The maximum Gasteiger partial charge on any atom is 0.122 e. The summed E-state index contributed by atoms with van der Waals surface area (Å²) in [6, 6.07) is 7.91. The molecule has 3 nitrogen and oxygen atoms in total. The van der Waals surface area contributed by atoms with Crippen molar-refractivity contribution in [2.75, 3.05) is 7.11 Å². The summed E-state index contributed by atoms with van der Waals surface area (Å²) in [5.74, 6) is 2.74. The zero-order valence-electron chi connectivity index (χ0n) is 12.0. The van der Waals surface area contributed by atoms with Gasteiger partial charge >= 0.3 is 0 Å². The van der Waals surface area contributed by atoms with Crippen molar-refractivity contribution in [2.45, 2.75) is 33.2 Å². The molecule has 0 saturated carbocycles. The van der Waals surface area contributed by atoms with Gasteiger partial charge in [-0.1, -0.05) is 18.2 Å². The van der Waals surface area contributed by atoms with Crippen molar-refractivity contribution in [3.05, 3.63) is 52.5 Å². The third-order valence-corrected chi connectivity index (χ3v) is 3.62. The molecular formula is C16H21NO2. The highest BCUT2D eigenvalue weighted by molar-refractivity contribution is 5.38. The second-order valence-corrected chi connectivity index (χ2v) is 4.88. The van der Waals surface area contributed by atoms with Crippen LogP contribution in [0.4, 0.5) is 0 Å². The van der Waals surface area contributed by atoms with E-state index in [0.717, 1.165) is 40.4 Å². The maximum absolute atomic E-state index is 6.35. The van der Waals surface area contributed by atoms with Gasteiger partial charge in [0.2, 0.25) is 0 Å². The Hall–Kier alpha value is -1.74. The van der Waals surface area contributed by atoms with Crippen molar-refractivity contribution in [3.63, 3.8) is 0 Å². The summed E-state index contributed by atoms with van der Waals surface area (Å²) in [6.07, 6.45) is 0.741. The van der Waals surface area contributed by atoms with E-state index in [1.54, 1.807) is 7.11 Å². The maximum atomic E-state index is 6.35. The van der Waals surface area contributed by atoms with Gasteiger partial charge in [-0.2, -0.15) is 0 Å². The second kappa shape index (κ2) is 5.49. The predicted octanol–water partition coefficient (Wildman–Crippen LogP) is 3.46. The number of nitrogens with two attached hydrogens (primary N) is 1. The molecule has 2 N–H and O–H groups in total. The van der Waals surface area contributed by atoms with Gasteiger partial charge in [0.25, 0.3) is 0 Å². The van der Waals surface area contributed by atoms with Gasteiger partial charge in [0.15, 0.2) is 0 Å². The van der Waals surface area contributed by atoms with Crippen molar-refractivity contribution >= 4 is 0 Å². The first-order valence-corrected chi connectivity index (χ1v) is 6.48. The number of rotatable bonds is 4. The zero-order chi connectivity index (χ0) is 14.0. The highest BCUT2D eigenvalue weighted by Gasteiger charge is 2.19. The predicted molar refractivity (Wildman–Crippen MR) is 76.5 cm³/mol. The molecule has 19 heavy (non-hydrogen) atoms. The molecule has 0 radical (unpaired) electrons. The summed E-state index contributed by atoms with van der Waals surface area (Å²) in [5.41, 5.74) is 9.74. The number of aryl methyl sites for hydroxylation is 2. The van der Waals surface area contributed by atoms with Crippen LogP contribution in [0.25, 0.3) is 0 Å². The van der Waals surface area contributed by atoms with Gasteiger partial charge in [-0.05, 0) is 44.4 Å². The Morgan fingerprint density at radius 1 is 1.16 bits per heavy atom. The molecule has 0 bridgehead atoms. The van der Waals surface area contributed by atoms with Gasteiger partial charge in [-0.15, -0.1) is 0 Å². The van der Waals surface area contributed by atoms with Crippen LogP contribution in [0.2, 0.25) is 0 Å². The van der Waals surface area contributed by atoms with Crippen LogP contribution in [0.5, 0.6) is 5.75 Å². The molecule has 0 aliphatic rings. The Morgan fingerprint density at radius 2 is 1.84 bits per heavy atom. The van der Waals surface area contributed by atoms with E-state index in [2.05, 4.69) is 13.0 Å². The lowest BCUT2D eigenvalue weighted by atomic mass is 9.96. The molecule has 0 fully saturated rings. The average Bonchev–Trinajstić information content (AvgIpc) is 2.64. The monoisotopic (exact) mass is 259 g/mol. The molecule has 0 aliphatic heterocycles. The minimum absolute atomic E-state index is 0.0752. The number of hydrogen-bond donors (Lipinski definition) is 1. The minimum Gasteiger partial charge on any atom is -0.496 e. The van der Waals surface area contributed by atoms with Crippen LogP contribution in [0, 0.1) is 20.8 Å². The van der Waals surface area contributed by atoms with E-state index >= 15 is 0 Å². The summed E-state index contributed by atoms with van der Waals surface area (Å²) in [7, 11) is 1.68. The van der Waals surface area contributed by atoms with E-state index in [9.17, 15) is 0 Å². The minimum atomic E-state index is -0.0752. The lowest BCUT2D eigenvalue weighted by Crippen LogP contribution is -2.15. The molecule has 3 heteroatoms. The lowest BCUT2D eigenvalue weighted by molar-refractivity contribution is 0.408. The van der Waals surface area contributed by atoms with E-state index in [1.165, 1.54) is 0 Å². The summed E-state index contributed by atoms with van der Waals surface area (Å²) in [4.78, 5) is 0. The number of methoxy groups -OCH3 is 1. The zero-order valence-corrected chi connectivity index (χ0v) is 12.0. The molecule has 1 aromatic heterocycles. The van der Waals surface area contributed by atoms with Crippen LogP contribution >= 0.6 is 0 Å². The molecule has 1 heterocycles. The molecule has 1 unspecified atom stereocenters. The molecule has 2 aromatic rings. The van der Waals surface area contributed by atoms with Crippen molar-refractivity contribution in [1.29, 1.82) is 0 Å². The van der Waals surface area contributed by atoms with Gasteiger partial charge < -0.3 is 14.9 Å². The molecule has 0 amide bonds. The van der Waals surface area contributed by atoms with E-state index in [4.69, 9.17) is 14.9 Å². The summed E-state index contributed by atoms with van der Waals surface area (Å²) in [6.45, 7) is 6.00. The largest absolute Gasteiger partial charge is 0.496 e. The number of furan rings is 1. The number of hydrogen-bond acceptors (Lipinski definition) is 3. The highest BCUT2D eigenvalue weighted by Crippen LogP contribution is 2.30. The summed E-state index contributed by atoms with van der Waals surface area (Å²) < 4.78 is 11.0. The van der Waals surface area contributed by atoms with Gasteiger partial charge in [0, 0.05) is 11.6 Å². The van der Waals surface area contributed by atoms with Gasteiger partial charge in [0.05, 0.1) is 7.11 Å². The van der Waals surface area contributed by atoms with Crippen molar-refractivity contribution in [1.82, 2.24) is 0 Å². The van der Waals surface area contributed by atoms with Crippen molar-refractivity contribution in [3.8, 4) is 5.75 Å². The molecule has 102 valence electrons. The van der Waals surface area contributed by atoms with Crippen molar-refractivity contribution < 1.29 is 9.15 Å². The average molecular weight is 259 g/mol. The number of para-hydroxylation sites is 1. The summed E-state index contributed by atoms with van der Waals surface area (Å²) >= 11 is 0. The molecule has 1 atom stereocenters. The molecule has 0 aliphatic carbocycles. The van der Waals surface area contributed by atoms with E-state index < -0.39 is 0 Å². The van der Waals surface area contributed by atoms with Gasteiger partial charge in [-0.3, -0.25) is 0 Å². The fourth-order valence-electron chi connectivity index (χ4n) is 2.56. The van der Waals surface area contributed by atoms with Crippen molar-refractivity contribution in [2.24, 2.45) is 5.73 Å². The normalized spacial score (nSPS) is 12.5. The molecule has 0 spiro atoms. The fourth-order valence-corrected chi connectivity index (χ4v) is 2.56. The molecule has 1 aromatic carbocycles. The van der Waals surface area contributed by atoms with Crippen LogP contribution in [0.15, 0.2) is 28.7 Å². The Kier molecular flexibility index (Phi) is 3.96. The highest BCUT2D eigenvalue weighted by atomic mass is 16.5. The standard InChI is InChI=1S/C16H21NO2/c1-10-11(2)19-12(3)16(10)14(17)9-13-7-5-6-8-15(13)18-4/h5-8,14H,9,17H2,1-4H3. The smallest absolute Gasteiger partial charge is 0.122 e. The topological polar surface area (TPSA) is 48.4 Å². The Morgan fingerprint density at radius 3 is 2.42 bits per heavy atom. The number of ether oxygens (including phenoxy) is 1. The van der Waals surface area contributed by atoms with Crippen LogP contribution < -0.4 is 10.5 Å². The molecule has 2 rings (SSSR count).